The van der Waals surface area contributed by atoms with Gasteiger partial charge in [0.05, 0.1) is 0 Å². The monoisotopic (exact) mass is 214 g/mol. The Morgan fingerprint density at radius 2 is 1.60 bits per heavy atom. The maximum absolute atomic E-state index is 5.84. The van der Waals surface area contributed by atoms with Crippen LogP contribution in [-0.2, 0) is 0 Å². The molecule has 3 rings (SSSR count). The summed E-state index contributed by atoms with van der Waals surface area (Å²) in [7, 11) is 0. The summed E-state index contributed by atoms with van der Waals surface area (Å²) in [4.78, 5) is 1.33. The van der Waals surface area contributed by atoms with Gasteiger partial charge in [0.25, 0.3) is 0 Å². The zero-order valence-electron chi connectivity index (χ0n) is 8.09. The molecule has 0 saturated carbocycles. The van der Waals surface area contributed by atoms with Crippen molar-refractivity contribution in [1.82, 2.24) is 0 Å². The summed E-state index contributed by atoms with van der Waals surface area (Å²) in [5.41, 5.74) is 1.47. The number of fused-ring (bicyclic) bond motifs is 1. The molecule has 15 heavy (non-hydrogen) atoms. The Balaban J connectivity index is 1.79. The molecule has 0 fully saturated rings. The topological polar surface area (TPSA) is 9.23 Å². The number of ether oxygens (including phenoxy) is 1. The molecular formula is C13H10OS. The van der Waals surface area contributed by atoms with Gasteiger partial charge in [0.2, 0.25) is 0 Å². The van der Waals surface area contributed by atoms with Gasteiger partial charge in [-0.05, 0) is 18.2 Å². The second-order valence-electron chi connectivity index (χ2n) is 3.42. The molecule has 1 heterocycles. The molecule has 0 saturated heterocycles. The summed E-state index contributed by atoms with van der Waals surface area (Å²) in [5, 5.41) is 0. The number of hydrogen-bond acceptors (Lipinski definition) is 2. The van der Waals surface area contributed by atoms with Crippen molar-refractivity contribution in [3.05, 3.63) is 60.2 Å². The largest absolute Gasteiger partial charge is 0.475 e. The molecule has 2 heteroatoms. The van der Waals surface area contributed by atoms with E-state index in [9.17, 15) is 0 Å². The number of thioether (sulfide) groups is 1. The van der Waals surface area contributed by atoms with Crippen LogP contribution in [0.1, 0.15) is 11.0 Å². The van der Waals surface area contributed by atoms with Crippen LogP contribution in [0.5, 0.6) is 5.75 Å². The van der Waals surface area contributed by atoms with E-state index in [-0.39, 0.29) is 5.44 Å². The molecule has 1 unspecified atom stereocenters. The van der Waals surface area contributed by atoms with Crippen molar-refractivity contribution in [2.75, 3.05) is 0 Å². The lowest BCUT2D eigenvalue weighted by molar-refractivity contribution is 0.283. The van der Waals surface area contributed by atoms with Gasteiger partial charge in [-0.2, -0.15) is 0 Å². The van der Waals surface area contributed by atoms with Gasteiger partial charge >= 0.3 is 0 Å². The van der Waals surface area contributed by atoms with E-state index in [1.807, 2.05) is 30.3 Å². The van der Waals surface area contributed by atoms with E-state index in [0.717, 1.165) is 5.75 Å². The summed E-state index contributed by atoms with van der Waals surface area (Å²) in [6, 6.07) is 18.3. The van der Waals surface area contributed by atoms with Crippen molar-refractivity contribution < 1.29 is 4.74 Å². The van der Waals surface area contributed by atoms with E-state index >= 15 is 0 Å². The fourth-order valence-corrected chi connectivity index (χ4v) is 2.62. The average Bonchev–Trinajstić information content (AvgIpc) is 2.27. The summed E-state index contributed by atoms with van der Waals surface area (Å²) in [6.07, 6.45) is 0. The van der Waals surface area contributed by atoms with Crippen molar-refractivity contribution in [2.45, 2.75) is 10.3 Å². The normalized spacial score (nSPS) is 17.7. The third-order valence-electron chi connectivity index (χ3n) is 2.39. The third kappa shape index (κ3) is 1.61. The number of benzene rings is 2. The summed E-state index contributed by atoms with van der Waals surface area (Å²) >= 11 is 1.77. The third-order valence-corrected chi connectivity index (χ3v) is 3.58. The van der Waals surface area contributed by atoms with Gasteiger partial charge < -0.3 is 4.74 Å². The van der Waals surface area contributed by atoms with Crippen LogP contribution < -0.4 is 4.74 Å². The molecule has 0 radical (unpaired) electrons. The first kappa shape index (κ1) is 8.86. The van der Waals surface area contributed by atoms with E-state index in [1.54, 1.807) is 11.8 Å². The zero-order chi connectivity index (χ0) is 10.1. The molecule has 0 amide bonds. The van der Waals surface area contributed by atoms with Gasteiger partial charge in [0, 0.05) is 10.5 Å². The Morgan fingerprint density at radius 3 is 2.40 bits per heavy atom. The fraction of sp³-hybridized carbons (Fsp3) is 0.0769. The van der Waals surface area contributed by atoms with Crippen LogP contribution in [0.25, 0.3) is 0 Å². The minimum atomic E-state index is 0.170. The molecule has 0 bridgehead atoms. The maximum atomic E-state index is 5.84. The highest BCUT2D eigenvalue weighted by Crippen LogP contribution is 2.49. The Labute approximate surface area is 93.1 Å². The molecule has 1 aliphatic rings. The summed E-state index contributed by atoms with van der Waals surface area (Å²) < 4.78 is 5.84. The Bertz CT molecular complexity index is 467. The lowest BCUT2D eigenvalue weighted by Crippen LogP contribution is -2.12. The second-order valence-corrected chi connectivity index (χ2v) is 4.52. The van der Waals surface area contributed by atoms with E-state index in [2.05, 4.69) is 24.3 Å². The Morgan fingerprint density at radius 1 is 0.867 bits per heavy atom. The SMILES string of the molecule is c1ccc(OC2Sc3ccccc32)cc1. The first-order valence-electron chi connectivity index (χ1n) is 4.91. The number of rotatable bonds is 2. The highest BCUT2D eigenvalue weighted by molar-refractivity contribution is 8.00. The van der Waals surface area contributed by atoms with Crippen molar-refractivity contribution in [3.63, 3.8) is 0 Å². The van der Waals surface area contributed by atoms with Crippen LogP contribution >= 0.6 is 11.8 Å². The Kier molecular flexibility index (Phi) is 2.14. The van der Waals surface area contributed by atoms with Gasteiger partial charge in [-0.15, -0.1) is 0 Å². The number of para-hydroxylation sites is 1. The molecule has 1 nitrogen and oxygen atoms in total. The van der Waals surface area contributed by atoms with Crippen molar-refractivity contribution in [3.8, 4) is 5.75 Å². The minimum absolute atomic E-state index is 0.170. The first-order valence-corrected chi connectivity index (χ1v) is 5.79. The highest BCUT2D eigenvalue weighted by Gasteiger charge is 2.28. The molecule has 74 valence electrons. The Hall–Kier alpha value is -1.41. The van der Waals surface area contributed by atoms with Crippen LogP contribution in [0.4, 0.5) is 0 Å². The summed E-state index contributed by atoms with van der Waals surface area (Å²) in [6.45, 7) is 0. The minimum Gasteiger partial charge on any atom is -0.475 e. The molecular weight excluding hydrogens is 204 g/mol. The van der Waals surface area contributed by atoms with Crippen LogP contribution in [0.3, 0.4) is 0 Å². The second kappa shape index (κ2) is 3.63. The first-order chi connectivity index (χ1) is 7.43. The molecule has 0 spiro atoms. The van der Waals surface area contributed by atoms with E-state index < -0.39 is 0 Å². The quantitative estimate of drug-likeness (QED) is 0.750. The van der Waals surface area contributed by atoms with E-state index in [0.29, 0.717) is 0 Å². The molecule has 0 aromatic heterocycles. The predicted octanol–water partition coefficient (Wildman–Crippen LogP) is 3.87. The zero-order valence-corrected chi connectivity index (χ0v) is 8.91. The van der Waals surface area contributed by atoms with Crippen molar-refractivity contribution in [2.24, 2.45) is 0 Å². The fourth-order valence-electron chi connectivity index (χ4n) is 1.61. The number of hydrogen-bond donors (Lipinski definition) is 0. The lowest BCUT2D eigenvalue weighted by Gasteiger charge is -2.29. The molecule has 2 aromatic rings. The molecule has 0 N–H and O–H groups in total. The van der Waals surface area contributed by atoms with Gasteiger partial charge in [-0.3, -0.25) is 0 Å². The molecule has 1 aliphatic heterocycles. The van der Waals surface area contributed by atoms with Crippen LogP contribution in [0, 0.1) is 0 Å². The predicted molar refractivity (Wildman–Crippen MR) is 62.1 cm³/mol. The van der Waals surface area contributed by atoms with Gasteiger partial charge in [-0.25, -0.2) is 0 Å². The molecule has 0 aliphatic carbocycles. The standard InChI is InChI=1S/C13H10OS/c1-2-6-10(7-3-1)14-13-11-8-4-5-9-12(11)15-13/h1-9,13H. The molecule has 2 aromatic carbocycles. The van der Waals surface area contributed by atoms with Crippen LogP contribution in [-0.4, -0.2) is 0 Å². The molecule has 1 atom stereocenters. The van der Waals surface area contributed by atoms with Gasteiger partial charge in [0.1, 0.15) is 5.75 Å². The lowest BCUT2D eigenvalue weighted by atomic mass is 10.2. The van der Waals surface area contributed by atoms with Crippen LogP contribution in [0.15, 0.2) is 59.5 Å². The maximum Gasteiger partial charge on any atom is 0.175 e. The van der Waals surface area contributed by atoms with Gasteiger partial charge in [0.15, 0.2) is 5.44 Å². The van der Waals surface area contributed by atoms with Crippen molar-refractivity contribution in [1.29, 1.82) is 0 Å². The average molecular weight is 214 g/mol. The van der Waals surface area contributed by atoms with Gasteiger partial charge in [-0.1, -0.05) is 48.2 Å². The van der Waals surface area contributed by atoms with Crippen molar-refractivity contribution >= 4 is 11.8 Å². The summed E-state index contributed by atoms with van der Waals surface area (Å²) in [5.74, 6) is 0.935. The van der Waals surface area contributed by atoms with Crippen LogP contribution in [0.2, 0.25) is 0 Å². The smallest absolute Gasteiger partial charge is 0.175 e. The highest BCUT2D eigenvalue weighted by atomic mass is 32.2. The van der Waals surface area contributed by atoms with E-state index in [4.69, 9.17) is 4.74 Å². The van der Waals surface area contributed by atoms with E-state index in [1.165, 1.54) is 10.5 Å².